The Labute approximate surface area is 115 Å². The van der Waals surface area contributed by atoms with Crippen molar-refractivity contribution in [2.24, 2.45) is 0 Å². The minimum absolute atomic E-state index is 0.0353. The summed E-state index contributed by atoms with van der Waals surface area (Å²) in [6.07, 6.45) is 1.50. The van der Waals surface area contributed by atoms with Gasteiger partial charge in [-0.1, -0.05) is 28.1 Å². The summed E-state index contributed by atoms with van der Waals surface area (Å²) in [4.78, 5) is 13.8. The molecule has 0 saturated heterocycles. The maximum atomic E-state index is 12.1. The molecule has 0 N–H and O–H groups in total. The van der Waals surface area contributed by atoms with Gasteiger partial charge in [0.25, 0.3) is 5.91 Å². The predicted molar refractivity (Wildman–Crippen MR) is 73.4 cm³/mol. The smallest absolute Gasteiger partial charge is 0.257 e. The average molecular weight is 308 g/mol. The van der Waals surface area contributed by atoms with Gasteiger partial charge in [0, 0.05) is 18.1 Å². The van der Waals surface area contributed by atoms with Crippen LogP contribution in [0.25, 0.3) is 0 Å². The van der Waals surface area contributed by atoms with E-state index >= 15 is 0 Å². The Hall–Kier alpha value is -1.55. The molecule has 1 amide bonds. The van der Waals surface area contributed by atoms with E-state index in [9.17, 15) is 4.79 Å². The molecule has 0 aliphatic carbocycles. The van der Waals surface area contributed by atoms with Gasteiger partial charge in [0.1, 0.15) is 12.0 Å². The molecule has 0 aliphatic heterocycles. The molecule has 94 valence electrons. The quantitative estimate of drug-likeness (QED) is 0.867. The van der Waals surface area contributed by atoms with E-state index in [0.29, 0.717) is 12.1 Å². The van der Waals surface area contributed by atoms with Crippen molar-refractivity contribution in [3.8, 4) is 0 Å². The van der Waals surface area contributed by atoms with Crippen molar-refractivity contribution >= 4 is 21.8 Å². The van der Waals surface area contributed by atoms with Crippen LogP contribution < -0.4 is 0 Å². The van der Waals surface area contributed by atoms with E-state index in [1.54, 1.807) is 18.0 Å². The first-order valence-corrected chi connectivity index (χ1v) is 6.40. The minimum atomic E-state index is -0.0353. The number of rotatable bonds is 3. The Morgan fingerprint density at radius 3 is 2.78 bits per heavy atom. The number of aryl methyl sites for hydroxylation is 1. The van der Waals surface area contributed by atoms with Crippen molar-refractivity contribution < 1.29 is 9.21 Å². The number of halogens is 1. The highest BCUT2D eigenvalue weighted by molar-refractivity contribution is 9.10. The van der Waals surface area contributed by atoms with Gasteiger partial charge < -0.3 is 9.32 Å². The molecule has 18 heavy (non-hydrogen) atoms. The van der Waals surface area contributed by atoms with E-state index in [0.717, 1.165) is 15.8 Å². The molecule has 0 saturated carbocycles. The van der Waals surface area contributed by atoms with Crippen LogP contribution in [0, 0.1) is 6.92 Å². The van der Waals surface area contributed by atoms with Crippen LogP contribution in [0.5, 0.6) is 0 Å². The minimum Gasteiger partial charge on any atom is -0.469 e. The van der Waals surface area contributed by atoms with Gasteiger partial charge in [-0.3, -0.25) is 4.79 Å². The van der Waals surface area contributed by atoms with Crippen LogP contribution >= 0.6 is 15.9 Å². The number of carbonyl (C=O) groups is 1. The van der Waals surface area contributed by atoms with E-state index < -0.39 is 0 Å². The number of hydrogen-bond acceptors (Lipinski definition) is 2. The predicted octanol–water partition coefficient (Wildman–Crippen LogP) is 3.62. The molecule has 0 spiro atoms. The van der Waals surface area contributed by atoms with Gasteiger partial charge in [-0.15, -0.1) is 0 Å². The van der Waals surface area contributed by atoms with Crippen LogP contribution in [-0.2, 0) is 6.54 Å². The highest BCUT2D eigenvalue weighted by Crippen LogP contribution is 2.15. The summed E-state index contributed by atoms with van der Waals surface area (Å²) in [5, 5.41) is 0. The first kappa shape index (κ1) is 12.9. The first-order valence-electron chi connectivity index (χ1n) is 5.61. The molecule has 2 rings (SSSR count). The first-order chi connectivity index (χ1) is 8.56. The lowest BCUT2D eigenvalue weighted by Crippen LogP contribution is -2.25. The number of nitrogens with zero attached hydrogens (tertiary/aromatic N) is 1. The van der Waals surface area contributed by atoms with Crippen molar-refractivity contribution in [2.75, 3.05) is 7.05 Å². The van der Waals surface area contributed by atoms with E-state index in [-0.39, 0.29) is 5.91 Å². The molecular formula is C14H14BrNO2. The Bertz CT molecular complexity index is 562. The second-order valence-corrected chi connectivity index (χ2v) is 5.15. The van der Waals surface area contributed by atoms with Crippen LogP contribution in [0.3, 0.4) is 0 Å². The lowest BCUT2D eigenvalue weighted by Gasteiger charge is -2.16. The summed E-state index contributed by atoms with van der Waals surface area (Å²) in [7, 11) is 1.78. The third-order valence-electron chi connectivity index (χ3n) is 2.63. The molecule has 0 atom stereocenters. The van der Waals surface area contributed by atoms with Gasteiger partial charge in [-0.2, -0.15) is 0 Å². The molecule has 0 bridgehead atoms. The summed E-state index contributed by atoms with van der Waals surface area (Å²) in [6, 6.07) is 9.67. The zero-order chi connectivity index (χ0) is 13.1. The van der Waals surface area contributed by atoms with Gasteiger partial charge in [-0.05, 0) is 30.7 Å². The van der Waals surface area contributed by atoms with Crippen LogP contribution in [0.4, 0.5) is 0 Å². The second-order valence-electron chi connectivity index (χ2n) is 4.24. The Kier molecular flexibility index (Phi) is 3.87. The van der Waals surface area contributed by atoms with Gasteiger partial charge in [-0.25, -0.2) is 0 Å². The molecule has 1 aromatic carbocycles. The fraction of sp³-hybridized carbons (Fsp3) is 0.214. The molecule has 3 nitrogen and oxygen atoms in total. The van der Waals surface area contributed by atoms with Crippen molar-refractivity contribution in [1.82, 2.24) is 4.90 Å². The van der Waals surface area contributed by atoms with Crippen molar-refractivity contribution in [2.45, 2.75) is 13.5 Å². The lowest BCUT2D eigenvalue weighted by atomic mass is 10.2. The number of benzene rings is 1. The zero-order valence-electron chi connectivity index (χ0n) is 10.3. The molecule has 4 heteroatoms. The van der Waals surface area contributed by atoms with Crippen molar-refractivity contribution in [1.29, 1.82) is 0 Å². The van der Waals surface area contributed by atoms with Gasteiger partial charge in [0.2, 0.25) is 0 Å². The van der Waals surface area contributed by atoms with E-state index in [1.165, 1.54) is 6.26 Å². The van der Waals surface area contributed by atoms with Crippen molar-refractivity contribution in [3.05, 3.63) is 58.0 Å². The molecule has 0 fully saturated rings. The number of hydrogen-bond donors (Lipinski definition) is 0. The standard InChI is InChI=1S/C14H14BrNO2/c1-10-6-12(9-18-10)14(17)16(2)8-11-4-3-5-13(15)7-11/h3-7,9H,8H2,1-2H3. The second kappa shape index (κ2) is 5.40. The fourth-order valence-corrected chi connectivity index (χ4v) is 2.20. The number of carbonyl (C=O) groups excluding carboxylic acids is 1. The molecule has 0 unspecified atom stereocenters. The Morgan fingerprint density at radius 2 is 2.17 bits per heavy atom. The maximum absolute atomic E-state index is 12.1. The molecule has 2 aromatic rings. The van der Waals surface area contributed by atoms with E-state index in [4.69, 9.17) is 4.42 Å². The highest BCUT2D eigenvalue weighted by Gasteiger charge is 2.14. The fourth-order valence-electron chi connectivity index (χ4n) is 1.76. The average Bonchev–Trinajstić information content (AvgIpc) is 2.75. The monoisotopic (exact) mass is 307 g/mol. The third kappa shape index (κ3) is 3.01. The SMILES string of the molecule is Cc1cc(C(=O)N(C)Cc2cccc(Br)c2)co1. The van der Waals surface area contributed by atoms with Crippen LogP contribution in [0.2, 0.25) is 0 Å². The number of amides is 1. The molecule has 1 heterocycles. The largest absolute Gasteiger partial charge is 0.469 e. The molecule has 0 aliphatic rings. The van der Waals surface area contributed by atoms with Gasteiger partial charge in [0.05, 0.1) is 5.56 Å². The van der Waals surface area contributed by atoms with E-state index in [1.807, 2.05) is 31.2 Å². The van der Waals surface area contributed by atoms with Crippen LogP contribution in [0.1, 0.15) is 21.7 Å². The summed E-state index contributed by atoms with van der Waals surface area (Å²) in [6.45, 7) is 2.40. The Balaban J connectivity index is 2.08. The summed E-state index contributed by atoms with van der Waals surface area (Å²) in [5.74, 6) is 0.709. The summed E-state index contributed by atoms with van der Waals surface area (Å²) < 4.78 is 6.16. The third-order valence-corrected chi connectivity index (χ3v) is 3.13. The van der Waals surface area contributed by atoms with Crippen LogP contribution in [-0.4, -0.2) is 17.9 Å². The van der Waals surface area contributed by atoms with E-state index in [2.05, 4.69) is 15.9 Å². The van der Waals surface area contributed by atoms with Gasteiger partial charge >= 0.3 is 0 Å². The summed E-state index contributed by atoms with van der Waals surface area (Å²) in [5.41, 5.74) is 1.67. The molecular weight excluding hydrogens is 294 g/mol. The highest BCUT2D eigenvalue weighted by atomic mass is 79.9. The lowest BCUT2D eigenvalue weighted by molar-refractivity contribution is 0.0784. The number of furan rings is 1. The topological polar surface area (TPSA) is 33.5 Å². The zero-order valence-corrected chi connectivity index (χ0v) is 11.9. The molecule has 0 radical (unpaired) electrons. The van der Waals surface area contributed by atoms with Gasteiger partial charge in [0.15, 0.2) is 0 Å². The normalized spacial score (nSPS) is 10.4. The van der Waals surface area contributed by atoms with Crippen molar-refractivity contribution in [3.63, 3.8) is 0 Å². The molecule has 1 aromatic heterocycles. The maximum Gasteiger partial charge on any atom is 0.257 e. The Morgan fingerprint density at radius 1 is 1.39 bits per heavy atom. The summed E-state index contributed by atoms with van der Waals surface area (Å²) >= 11 is 3.42. The van der Waals surface area contributed by atoms with Crippen LogP contribution in [0.15, 0.2) is 45.5 Å².